The van der Waals surface area contributed by atoms with E-state index in [4.69, 9.17) is 0 Å². The van der Waals surface area contributed by atoms with E-state index in [0.29, 0.717) is 11.3 Å². The van der Waals surface area contributed by atoms with Crippen LogP contribution in [0.15, 0.2) is 42.6 Å². The molecule has 1 unspecified atom stereocenters. The molecular weight excluding hydrogens is 334 g/mol. The Hall–Kier alpha value is -3.22. The summed E-state index contributed by atoms with van der Waals surface area (Å²) in [5, 5.41) is 5.49. The van der Waals surface area contributed by atoms with Gasteiger partial charge in [0.2, 0.25) is 0 Å². The SMILES string of the molecule is CCC(C)NC(=O)c1cc(C(=O)Nc2cccc(C(=O)OC)c2)ccn1. The lowest BCUT2D eigenvalue weighted by molar-refractivity contribution is 0.0600. The fourth-order valence-electron chi connectivity index (χ4n) is 2.14. The average molecular weight is 355 g/mol. The second-order valence-corrected chi connectivity index (χ2v) is 5.74. The van der Waals surface area contributed by atoms with E-state index in [9.17, 15) is 14.4 Å². The first-order chi connectivity index (χ1) is 12.4. The molecule has 0 radical (unpaired) electrons. The van der Waals surface area contributed by atoms with Crippen molar-refractivity contribution in [2.45, 2.75) is 26.3 Å². The van der Waals surface area contributed by atoms with Crippen molar-refractivity contribution in [2.24, 2.45) is 0 Å². The zero-order valence-electron chi connectivity index (χ0n) is 14.9. The molecule has 1 aromatic heterocycles. The number of benzene rings is 1. The van der Waals surface area contributed by atoms with Crippen LogP contribution in [0, 0.1) is 0 Å². The van der Waals surface area contributed by atoms with E-state index in [-0.39, 0.29) is 23.2 Å². The predicted octanol–water partition coefficient (Wildman–Crippen LogP) is 2.65. The third-order valence-electron chi connectivity index (χ3n) is 3.79. The highest BCUT2D eigenvalue weighted by Gasteiger charge is 2.14. The topological polar surface area (TPSA) is 97.4 Å². The molecule has 0 aliphatic carbocycles. The molecule has 0 saturated heterocycles. The van der Waals surface area contributed by atoms with Gasteiger partial charge in [-0.3, -0.25) is 14.6 Å². The van der Waals surface area contributed by atoms with Crippen LogP contribution in [0.2, 0.25) is 0 Å². The van der Waals surface area contributed by atoms with Gasteiger partial charge >= 0.3 is 5.97 Å². The van der Waals surface area contributed by atoms with Crippen molar-refractivity contribution in [1.82, 2.24) is 10.3 Å². The van der Waals surface area contributed by atoms with Gasteiger partial charge in [0.25, 0.3) is 11.8 Å². The highest BCUT2D eigenvalue weighted by atomic mass is 16.5. The maximum absolute atomic E-state index is 12.4. The molecule has 2 N–H and O–H groups in total. The summed E-state index contributed by atoms with van der Waals surface area (Å²) < 4.78 is 4.66. The molecule has 1 atom stereocenters. The molecule has 136 valence electrons. The lowest BCUT2D eigenvalue weighted by atomic mass is 10.1. The molecule has 0 saturated carbocycles. The van der Waals surface area contributed by atoms with Gasteiger partial charge in [-0.2, -0.15) is 0 Å². The summed E-state index contributed by atoms with van der Waals surface area (Å²) in [5.41, 5.74) is 1.23. The maximum Gasteiger partial charge on any atom is 0.337 e. The Bertz CT molecular complexity index is 820. The van der Waals surface area contributed by atoms with Gasteiger partial charge in [-0.25, -0.2) is 4.79 Å². The number of ether oxygens (including phenoxy) is 1. The molecule has 2 amide bonds. The van der Waals surface area contributed by atoms with Crippen molar-refractivity contribution in [2.75, 3.05) is 12.4 Å². The Kier molecular flexibility index (Phi) is 6.43. The Morgan fingerprint density at radius 2 is 1.88 bits per heavy atom. The molecule has 2 rings (SSSR count). The van der Waals surface area contributed by atoms with E-state index >= 15 is 0 Å². The van der Waals surface area contributed by atoms with Crippen LogP contribution in [0.25, 0.3) is 0 Å². The van der Waals surface area contributed by atoms with Gasteiger partial charge in [0.15, 0.2) is 0 Å². The number of amides is 2. The van der Waals surface area contributed by atoms with Crippen molar-refractivity contribution in [3.8, 4) is 0 Å². The molecule has 0 bridgehead atoms. The van der Waals surface area contributed by atoms with Crippen molar-refractivity contribution in [1.29, 1.82) is 0 Å². The van der Waals surface area contributed by atoms with E-state index in [2.05, 4.69) is 20.4 Å². The highest BCUT2D eigenvalue weighted by molar-refractivity contribution is 6.06. The Balaban J connectivity index is 2.14. The quantitative estimate of drug-likeness (QED) is 0.777. The maximum atomic E-state index is 12.4. The molecule has 26 heavy (non-hydrogen) atoms. The second kappa shape index (κ2) is 8.75. The number of methoxy groups -OCH3 is 1. The molecule has 0 spiro atoms. The molecule has 0 aliphatic heterocycles. The lowest BCUT2D eigenvalue weighted by Crippen LogP contribution is -2.32. The Morgan fingerprint density at radius 3 is 2.58 bits per heavy atom. The predicted molar refractivity (Wildman–Crippen MR) is 97.2 cm³/mol. The zero-order chi connectivity index (χ0) is 19.1. The van der Waals surface area contributed by atoms with Gasteiger partial charge in [-0.05, 0) is 43.7 Å². The fourth-order valence-corrected chi connectivity index (χ4v) is 2.14. The van der Waals surface area contributed by atoms with E-state index in [0.717, 1.165) is 6.42 Å². The van der Waals surface area contributed by atoms with Gasteiger partial charge < -0.3 is 15.4 Å². The minimum Gasteiger partial charge on any atom is -0.465 e. The van der Waals surface area contributed by atoms with E-state index < -0.39 is 11.9 Å². The summed E-state index contributed by atoms with van der Waals surface area (Å²) in [5.74, 6) is -1.23. The highest BCUT2D eigenvalue weighted by Crippen LogP contribution is 2.13. The number of esters is 1. The molecule has 0 fully saturated rings. The third-order valence-corrected chi connectivity index (χ3v) is 3.79. The molecule has 2 aromatic rings. The Morgan fingerprint density at radius 1 is 1.12 bits per heavy atom. The molecule has 7 heteroatoms. The summed E-state index contributed by atoms with van der Waals surface area (Å²) in [6.45, 7) is 3.85. The van der Waals surface area contributed by atoms with E-state index in [1.165, 1.54) is 31.5 Å². The second-order valence-electron chi connectivity index (χ2n) is 5.74. The zero-order valence-corrected chi connectivity index (χ0v) is 14.9. The average Bonchev–Trinajstić information content (AvgIpc) is 2.67. The number of rotatable bonds is 6. The van der Waals surface area contributed by atoms with Crippen LogP contribution in [0.3, 0.4) is 0 Å². The molecule has 0 aliphatic rings. The number of carbonyl (C=O) groups is 3. The van der Waals surface area contributed by atoms with Crippen LogP contribution in [0.5, 0.6) is 0 Å². The monoisotopic (exact) mass is 355 g/mol. The van der Waals surface area contributed by atoms with E-state index in [1.54, 1.807) is 18.2 Å². The van der Waals surface area contributed by atoms with Gasteiger partial charge in [-0.1, -0.05) is 13.0 Å². The number of pyridine rings is 1. The number of hydrogen-bond acceptors (Lipinski definition) is 5. The van der Waals surface area contributed by atoms with Crippen molar-refractivity contribution < 1.29 is 19.1 Å². The van der Waals surface area contributed by atoms with Crippen LogP contribution in [-0.4, -0.2) is 35.9 Å². The van der Waals surface area contributed by atoms with Gasteiger partial charge in [0.1, 0.15) is 5.69 Å². The first-order valence-electron chi connectivity index (χ1n) is 8.21. The minimum absolute atomic E-state index is 0.0165. The number of aromatic nitrogens is 1. The molecular formula is C19H21N3O4. The van der Waals surface area contributed by atoms with E-state index in [1.807, 2.05) is 13.8 Å². The van der Waals surface area contributed by atoms with Crippen molar-refractivity contribution in [3.63, 3.8) is 0 Å². The summed E-state index contributed by atoms with van der Waals surface area (Å²) in [7, 11) is 1.29. The number of hydrogen-bond donors (Lipinski definition) is 2. The van der Waals surface area contributed by atoms with Gasteiger partial charge in [0, 0.05) is 23.5 Å². The molecule has 1 heterocycles. The van der Waals surface area contributed by atoms with Crippen LogP contribution in [0.1, 0.15) is 51.5 Å². The van der Waals surface area contributed by atoms with Gasteiger partial charge in [-0.15, -0.1) is 0 Å². The van der Waals surface area contributed by atoms with Crippen molar-refractivity contribution in [3.05, 3.63) is 59.4 Å². The van der Waals surface area contributed by atoms with Crippen LogP contribution < -0.4 is 10.6 Å². The largest absolute Gasteiger partial charge is 0.465 e. The first kappa shape index (κ1) is 19.1. The number of carbonyl (C=O) groups excluding carboxylic acids is 3. The molecule has 7 nitrogen and oxygen atoms in total. The van der Waals surface area contributed by atoms with Crippen LogP contribution >= 0.6 is 0 Å². The summed E-state index contributed by atoms with van der Waals surface area (Å²) in [6.07, 6.45) is 2.20. The standard InChI is InChI=1S/C19H21N3O4/c1-4-12(2)21-18(24)16-11-13(8-9-20-16)17(23)22-15-7-5-6-14(10-15)19(25)26-3/h5-12H,4H2,1-3H3,(H,21,24)(H,22,23). The minimum atomic E-state index is -0.492. The van der Waals surface area contributed by atoms with Crippen LogP contribution in [-0.2, 0) is 4.74 Å². The number of nitrogens with zero attached hydrogens (tertiary/aromatic N) is 1. The molecule has 1 aromatic carbocycles. The number of anilines is 1. The summed E-state index contributed by atoms with van der Waals surface area (Å²) in [4.78, 5) is 40.2. The smallest absolute Gasteiger partial charge is 0.337 e. The fraction of sp³-hybridized carbons (Fsp3) is 0.263. The van der Waals surface area contributed by atoms with Gasteiger partial charge in [0.05, 0.1) is 12.7 Å². The number of nitrogens with one attached hydrogen (secondary N) is 2. The first-order valence-corrected chi connectivity index (χ1v) is 8.21. The summed E-state index contributed by atoms with van der Waals surface area (Å²) in [6, 6.07) is 9.35. The third kappa shape index (κ3) is 4.89. The van der Waals surface area contributed by atoms with Crippen molar-refractivity contribution >= 4 is 23.5 Å². The normalized spacial score (nSPS) is 11.3. The Labute approximate surface area is 151 Å². The summed E-state index contributed by atoms with van der Waals surface area (Å²) >= 11 is 0. The lowest BCUT2D eigenvalue weighted by Gasteiger charge is -2.11. The van der Waals surface area contributed by atoms with Crippen LogP contribution in [0.4, 0.5) is 5.69 Å².